The molecule has 0 saturated heterocycles. The Kier molecular flexibility index (Phi) is 4.13. The number of para-hydroxylation sites is 2. The van der Waals surface area contributed by atoms with Gasteiger partial charge in [-0.15, -0.1) is 0 Å². The highest BCUT2D eigenvalue weighted by atomic mass is 32.2. The first-order valence-electron chi connectivity index (χ1n) is 10.2. The number of hydrogen-bond acceptors (Lipinski definition) is 4. The van der Waals surface area contributed by atoms with E-state index in [2.05, 4.69) is 0 Å². The molecule has 154 valence electrons. The molecule has 2 heterocycles. The minimum atomic E-state index is -3.65. The van der Waals surface area contributed by atoms with E-state index in [0.717, 1.165) is 27.5 Å². The lowest BCUT2D eigenvalue weighted by Crippen LogP contribution is -2.02. The highest BCUT2D eigenvalue weighted by Crippen LogP contribution is 2.44. The fraction of sp³-hybridized carbons (Fsp3) is 0. The lowest BCUT2D eigenvalue weighted by molar-refractivity contribution is 0.596. The SMILES string of the molecule is O=S(=O)(c1ccccc1)c1cccc(-c2oc3ccccc3c3nc4ccccc4c2-3)c1. The number of sulfone groups is 1. The van der Waals surface area contributed by atoms with Crippen molar-refractivity contribution in [3.8, 4) is 22.6 Å². The predicted octanol–water partition coefficient (Wildman–Crippen LogP) is 6.59. The van der Waals surface area contributed by atoms with Gasteiger partial charge in [0.1, 0.15) is 11.3 Å². The third-order valence-electron chi connectivity index (χ3n) is 5.68. The van der Waals surface area contributed by atoms with E-state index in [0.29, 0.717) is 16.9 Å². The number of rotatable bonds is 3. The summed E-state index contributed by atoms with van der Waals surface area (Å²) in [4.78, 5) is 5.36. The first-order chi connectivity index (χ1) is 15.6. The second kappa shape index (κ2) is 7.04. The van der Waals surface area contributed by atoms with Gasteiger partial charge in [0.25, 0.3) is 0 Å². The molecule has 0 aromatic heterocycles. The second-order valence-corrected chi connectivity index (χ2v) is 9.57. The van der Waals surface area contributed by atoms with Crippen molar-refractivity contribution in [3.05, 3.63) is 103 Å². The van der Waals surface area contributed by atoms with Crippen LogP contribution in [-0.2, 0) is 9.84 Å². The van der Waals surface area contributed by atoms with Gasteiger partial charge in [0, 0.05) is 16.3 Å². The quantitative estimate of drug-likeness (QED) is 0.315. The average Bonchev–Trinajstić information content (AvgIpc) is 3.24. The maximum atomic E-state index is 13.2. The van der Waals surface area contributed by atoms with Crippen LogP contribution < -0.4 is 0 Å². The first-order valence-corrected chi connectivity index (χ1v) is 11.7. The van der Waals surface area contributed by atoms with Crippen LogP contribution in [0, 0.1) is 0 Å². The zero-order valence-corrected chi connectivity index (χ0v) is 17.7. The van der Waals surface area contributed by atoms with E-state index in [-0.39, 0.29) is 9.79 Å². The van der Waals surface area contributed by atoms with Crippen LogP contribution in [0.2, 0.25) is 0 Å². The van der Waals surface area contributed by atoms with E-state index in [1.54, 1.807) is 48.5 Å². The van der Waals surface area contributed by atoms with Gasteiger partial charge in [-0.25, -0.2) is 13.4 Å². The molecular weight excluding hydrogens is 418 g/mol. The Morgan fingerprint density at radius 1 is 0.656 bits per heavy atom. The molecule has 5 heteroatoms. The first kappa shape index (κ1) is 18.8. The number of hydrogen-bond donors (Lipinski definition) is 0. The summed E-state index contributed by atoms with van der Waals surface area (Å²) < 4.78 is 32.8. The Morgan fingerprint density at radius 2 is 1.34 bits per heavy atom. The summed E-state index contributed by atoms with van der Waals surface area (Å²) in [6.45, 7) is 0. The summed E-state index contributed by atoms with van der Waals surface area (Å²) >= 11 is 0. The van der Waals surface area contributed by atoms with Crippen LogP contribution in [0.4, 0.5) is 0 Å². The van der Waals surface area contributed by atoms with Gasteiger partial charge >= 0.3 is 0 Å². The maximum absolute atomic E-state index is 13.2. The zero-order chi connectivity index (χ0) is 21.7. The van der Waals surface area contributed by atoms with Crippen LogP contribution in [-0.4, -0.2) is 13.4 Å². The van der Waals surface area contributed by atoms with E-state index in [9.17, 15) is 8.42 Å². The van der Waals surface area contributed by atoms with E-state index in [4.69, 9.17) is 9.40 Å². The molecule has 4 nitrogen and oxygen atoms in total. The molecule has 32 heavy (non-hydrogen) atoms. The third kappa shape index (κ3) is 2.82. The fourth-order valence-corrected chi connectivity index (χ4v) is 5.49. The van der Waals surface area contributed by atoms with E-state index in [1.807, 2.05) is 54.6 Å². The van der Waals surface area contributed by atoms with Crippen molar-refractivity contribution in [2.75, 3.05) is 0 Å². The number of fused-ring (bicyclic) bond motifs is 5. The van der Waals surface area contributed by atoms with Crippen molar-refractivity contribution in [2.24, 2.45) is 0 Å². The molecule has 6 rings (SSSR count). The van der Waals surface area contributed by atoms with Crippen LogP contribution in [0.5, 0.6) is 0 Å². The highest BCUT2D eigenvalue weighted by Gasteiger charge is 2.24. The fourth-order valence-electron chi connectivity index (χ4n) is 4.17. The largest absolute Gasteiger partial charge is 0.455 e. The molecule has 0 amide bonds. The molecule has 2 aliphatic rings. The van der Waals surface area contributed by atoms with Gasteiger partial charge in [-0.1, -0.05) is 60.7 Å². The van der Waals surface area contributed by atoms with Crippen molar-refractivity contribution >= 4 is 31.7 Å². The third-order valence-corrected chi connectivity index (χ3v) is 7.45. The predicted molar refractivity (Wildman–Crippen MR) is 125 cm³/mol. The van der Waals surface area contributed by atoms with Crippen molar-refractivity contribution in [1.29, 1.82) is 0 Å². The van der Waals surface area contributed by atoms with Crippen molar-refractivity contribution < 1.29 is 12.8 Å². The number of aromatic nitrogens is 1. The van der Waals surface area contributed by atoms with E-state index < -0.39 is 9.84 Å². The topological polar surface area (TPSA) is 60.2 Å². The van der Waals surface area contributed by atoms with Crippen LogP contribution in [0.25, 0.3) is 44.5 Å². The summed E-state index contributed by atoms with van der Waals surface area (Å²) in [5.41, 5.74) is 4.00. The molecular formula is C27H17NO3S. The smallest absolute Gasteiger partial charge is 0.206 e. The normalized spacial score (nSPS) is 12.0. The molecule has 4 aromatic rings. The van der Waals surface area contributed by atoms with Crippen LogP contribution in [0.3, 0.4) is 0 Å². The average molecular weight is 436 g/mol. The summed E-state index contributed by atoms with van der Waals surface area (Å²) in [6.07, 6.45) is 0. The van der Waals surface area contributed by atoms with Crippen molar-refractivity contribution in [3.63, 3.8) is 0 Å². The molecule has 0 N–H and O–H groups in total. The summed E-state index contributed by atoms with van der Waals surface area (Å²) in [7, 11) is -3.65. The summed E-state index contributed by atoms with van der Waals surface area (Å²) in [5.74, 6) is 0.609. The lowest BCUT2D eigenvalue weighted by Gasteiger charge is -2.12. The summed E-state index contributed by atoms with van der Waals surface area (Å²) in [6, 6.07) is 31.1. The monoisotopic (exact) mass is 435 g/mol. The standard InChI is InChI=1S/C27H17NO3S/c29-32(30,19-10-2-1-3-11-19)20-12-8-9-18(17-20)27-25-21-13-4-6-15-23(21)28-26(25)22-14-5-7-16-24(22)31-27/h1-17H. The zero-order valence-electron chi connectivity index (χ0n) is 16.9. The number of nitrogens with zero attached hydrogens (tertiary/aromatic N) is 1. The molecule has 0 bridgehead atoms. The molecule has 0 aliphatic carbocycles. The van der Waals surface area contributed by atoms with Gasteiger partial charge in [0.15, 0.2) is 0 Å². The molecule has 0 atom stereocenters. The molecule has 2 aliphatic heterocycles. The van der Waals surface area contributed by atoms with Gasteiger partial charge in [0.05, 0.1) is 26.6 Å². The molecule has 0 spiro atoms. The van der Waals surface area contributed by atoms with Gasteiger partial charge in [0.2, 0.25) is 9.84 Å². The Labute approximate surface area is 185 Å². The highest BCUT2D eigenvalue weighted by molar-refractivity contribution is 7.91. The van der Waals surface area contributed by atoms with Crippen LogP contribution >= 0.6 is 0 Å². The van der Waals surface area contributed by atoms with Crippen LogP contribution in [0.15, 0.2) is 117 Å². The summed E-state index contributed by atoms with van der Waals surface area (Å²) in [5, 5.41) is 1.90. The Bertz CT molecular complexity index is 1690. The van der Waals surface area contributed by atoms with Crippen molar-refractivity contribution in [1.82, 2.24) is 4.98 Å². The van der Waals surface area contributed by atoms with Gasteiger partial charge < -0.3 is 4.42 Å². The minimum absolute atomic E-state index is 0.224. The van der Waals surface area contributed by atoms with Gasteiger partial charge in [-0.05, 0) is 42.5 Å². The molecule has 0 saturated carbocycles. The molecule has 0 fully saturated rings. The molecule has 0 unspecified atom stereocenters. The van der Waals surface area contributed by atoms with E-state index >= 15 is 0 Å². The minimum Gasteiger partial charge on any atom is -0.455 e. The van der Waals surface area contributed by atoms with Crippen molar-refractivity contribution in [2.45, 2.75) is 9.79 Å². The second-order valence-electron chi connectivity index (χ2n) is 7.62. The van der Waals surface area contributed by atoms with Gasteiger partial charge in [-0.3, -0.25) is 0 Å². The van der Waals surface area contributed by atoms with E-state index in [1.165, 1.54) is 0 Å². The lowest BCUT2D eigenvalue weighted by atomic mass is 9.99. The molecule has 4 aromatic carbocycles. The number of benzene rings is 4. The molecule has 0 radical (unpaired) electrons. The Morgan fingerprint density at radius 3 is 2.19 bits per heavy atom. The maximum Gasteiger partial charge on any atom is 0.206 e. The Balaban J connectivity index is 1.65. The Hall–Kier alpha value is -3.96. The van der Waals surface area contributed by atoms with Crippen LogP contribution in [0.1, 0.15) is 0 Å². The van der Waals surface area contributed by atoms with Gasteiger partial charge in [-0.2, -0.15) is 0 Å².